The Labute approximate surface area is 101 Å². The first-order chi connectivity index (χ1) is 8.40. The Morgan fingerprint density at radius 3 is 2.06 bits per heavy atom. The maximum absolute atomic E-state index is 9.05. The second-order valence-corrected chi connectivity index (χ2v) is 3.90. The zero-order valence-corrected chi connectivity index (χ0v) is 9.58. The monoisotopic (exact) mass is 225 g/mol. The molecule has 0 spiro atoms. The Morgan fingerprint density at radius 1 is 0.882 bits per heavy atom. The van der Waals surface area contributed by atoms with Gasteiger partial charge in [0.25, 0.3) is 0 Å². The highest BCUT2D eigenvalue weighted by atomic mass is 16.4. The van der Waals surface area contributed by atoms with E-state index in [0.717, 1.165) is 24.1 Å². The van der Waals surface area contributed by atoms with Crippen molar-refractivity contribution < 1.29 is 5.21 Å². The van der Waals surface area contributed by atoms with Crippen LogP contribution in [0.2, 0.25) is 0 Å². The predicted octanol–water partition coefficient (Wildman–Crippen LogP) is 3.50. The third-order valence-corrected chi connectivity index (χ3v) is 2.72. The molecule has 86 valence electrons. The molecule has 17 heavy (non-hydrogen) atoms. The van der Waals surface area contributed by atoms with Gasteiger partial charge in [-0.15, -0.1) is 0 Å². The summed E-state index contributed by atoms with van der Waals surface area (Å²) in [6, 6.07) is 20.0. The van der Waals surface area contributed by atoms with Gasteiger partial charge in [0, 0.05) is 0 Å². The van der Waals surface area contributed by atoms with Gasteiger partial charge < -0.3 is 5.21 Å². The zero-order valence-electron chi connectivity index (χ0n) is 9.58. The van der Waals surface area contributed by atoms with Crippen molar-refractivity contribution in [1.82, 2.24) is 0 Å². The lowest BCUT2D eigenvalue weighted by Gasteiger charge is -2.04. The van der Waals surface area contributed by atoms with Crippen molar-refractivity contribution in [3.63, 3.8) is 0 Å². The number of benzene rings is 2. The van der Waals surface area contributed by atoms with Crippen molar-refractivity contribution in [2.24, 2.45) is 5.16 Å². The highest BCUT2D eigenvalue weighted by molar-refractivity contribution is 6.00. The molecule has 0 saturated heterocycles. The SMILES string of the molecule is O/N=C(/CCc1ccccc1)c1ccccc1. The van der Waals surface area contributed by atoms with Crippen molar-refractivity contribution in [2.75, 3.05) is 0 Å². The van der Waals surface area contributed by atoms with Gasteiger partial charge in [0.1, 0.15) is 0 Å². The van der Waals surface area contributed by atoms with E-state index in [-0.39, 0.29) is 0 Å². The van der Waals surface area contributed by atoms with Gasteiger partial charge in [-0.05, 0) is 24.0 Å². The topological polar surface area (TPSA) is 32.6 Å². The zero-order chi connectivity index (χ0) is 11.9. The number of rotatable bonds is 4. The molecule has 2 nitrogen and oxygen atoms in total. The summed E-state index contributed by atoms with van der Waals surface area (Å²) in [5.41, 5.74) is 2.96. The maximum Gasteiger partial charge on any atom is 0.0871 e. The molecule has 2 aromatic rings. The molecule has 0 radical (unpaired) electrons. The molecule has 0 bridgehead atoms. The first-order valence-electron chi connectivity index (χ1n) is 5.70. The van der Waals surface area contributed by atoms with Gasteiger partial charge in [-0.3, -0.25) is 0 Å². The van der Waals surface area contributed by atoms with Crippen LogP contribution in [0.25, 0.3) is 0 Å². The number of hydrogen-bond donors (Lipinski definition) is 1. The Hall–Kier alpha value is -2.09. The summed E-state index contributed by atoms with van der Waals surface area (Å²) in [7, 11) is 0. The Morgan fingerprint density at radius 2 is 1.47 bits per heavy atom. The second-order valence-electron chi connectivity index (χ2n) is 3.90. The summed E-state index contributed by atoms with van der Waals surface area (Å²) in [4.78, 5) is 0. The van der Waals surface area contributed by atoms with Crippen LogP contribution in [-0.2, 0) is 6.42 Å². The van der Waals surface area contributed by atoms with E-state index in [9.17, 15) is 0 Å². The molecule has 2 rings (SSSR count). The van der Waals surface area contributed by atoms with E-state index in [2.05, 4.69) is 17.3 Å². The summed E-state index contributed by atoms with van der Waals surface area (Å²) in [6.07, 6.45) is 1.62. The second kappa shape index (κ2) is 5.85. The van der Waals surface area contributed by atoms with E-state index in [1.165, 1.54) is 5.56 Å². The maximum atomic E-state index is 9.05. The number of hydrogen-bond acceptors (Lipinski definition) is 2. The number of oxime groups is 1. The Balaban J connectivity index is 2.03. The van der Waals surface area contributed by atoms with Gasteiger partial charge in [-0.25, -0.2) is 0 Å². The van der Waals surface area contributed by atoms with Crippen molar-refractivity contribution >= 4 is 5.71 Å². The minimum atomic E-state index is 0.731. The van der Waals surface area contributed by atoms with Gasteiger partial charge in [0.05, 0.1) is 5.71 Å². The summed E-state index contributed by atoms with van der Waals surface area (Å²) in [5, 5.41) is 12.4. The molecular weight excluding hydrogens is 210 g/mol. The highest BCUT2D eigenvalue weighted by Gasteiger charge is 2.03. The summed E-state index contributed by atoms with van der Waals surface area (Å²) in [6.45, 7) is 0. The molecule has 0 aromatic heterocycles. The van der Waals surface area contributed by atoms with Crippen LogP contribution < -0.4 is 0 Å². The third kappa shape index (κ3) is 3.18. The molecular formula is C15H15NO. The molecule has 0 aliphatic heterocycles. The highest BCUT2D eigenvalue weighted by Crippen LogP contribution is 2.09. The lowest BCUT2D eigenvalue weighted by molar-refractivity contribution is 0.318. The molecule has 0 amide bonds. The average Bonchev–Trinajstić information content (AvgIpc) is 2.42. The van der Waals surface area contributed by atoms with Crippen LogP contribution in [0.1, 0.15) is 17.5 Å². The van der Waals surface area contributed by atoms with Crippen LogP contribution in [0.4, 0.5) is 0 Å². The molecule has 0 atom stereocenters. The molecule has 0 fully saturated rings. The lowest BCUT2D eigenvalue weighted by Crippen LogP contribution is -2.02. The fourth-order valence-electron chi connectivity index (χ4n) is 1.79. The molecule has 1 N–H and O–H groups in total. The van der Waals surface area contributed by atoms with Crippen LogP contribution >= 0.6 is 0 Å². The molecule has 2 aromatic carbocycles. The minimum Gasteiger partial charge on any atom is -0.411 e. The van der Waals surface area contributed by atoms with Crippen LogP contribution in [0, 0.1) is 0 Å². The van der Waals surface area contributed by atoms with Gasteiger partial charge in [0.2, 0.25) is 0 Å². The molecule has 0 aliphatic carbocycles. The molecule has 0 aliphatic rings. The predicted molar refractivity (Wildman–Crippen MR) is 69.5 cm³/mol. The van der Waals surface area contributed by atoms with Crippen LogP contribution in [0.5, 0.6) is 0 Å². The summed E-state index contributed by atoms with van der Waals surface area (Å²) in [5.74, 6) is 0. The standard InChI is InChI=1S/C15H15NO/c17-16-15(14-9-5-2-6-10-14)12-11-13-7-3-1-4-8-13/h1-10,17H,11-12H2/b16-15-. The fourth-order valence-corrected chi connectivity index (χ4v) is 1.79. The van der Waals surface area contributed by atoms with Gasteiger partial charge >= 0.3 is 0 Å². The van der Waals surface area contributed by atoms with Crippen molar-refractivity contribution in [3.05, 3.63) is 71.8 Å². The van der Waals surface area contributed by atoms with E-state index < -0.39 is 0 Å². The van der Waals surface area contributed by atoms with Crippen molar-refractivity contribution in [2.45, 2.75) is 12.8 Å². The lowest BCUT2D eigenvalue weighted by atomic mass is 10.0. The van der Waals surface area contributed by atoms with E-state index >= 15 is 0 Å². The van der Waals surface area contributed by atoms with Gasteiger partial charge in [0.15, 0.2) is 0 Å². The van der Waals surface area contributed by atoms with Crippen LogP contribution in [0.3, 0.4) is 0 Å². The van der Waals surface area contributed by atoms with Gasteiger partial charge in [-0.2, -0.15) is 0 Å². The smallest absolute Gasteiger partial charge is 0.0871 e. The van der Waals surface area contributed by atoms with Crippen molar-refractivity contribution in [3.8, 4) is 0 Å². The average molecular weight is 225 g/mol. The first kappa shape index (κ1) is 11.4. The van der Waals surface area contributed by atoms with E-state index in [1.807, 2.05) is 48.5 Å². The molecule has 2 heteroatoms. The van der Waals surface area contributed by atoms with Crippen LogP contribution in [-0.4, -0.2) is 10.9 Å². The van der Waals surface area contributed by atoms with E-state index in [1.54, 1.807) is 0 Å². The quantitative estimate of drug-likeness (QED) is 0.482. The minimum absolute atomic E-state index is 0.731. The van der Waals surface area contributed by atoms with E-state index in [4.69, 9.17) is 5.21 Å². The molecule has 0 saturated carbocycles. The van der Waals surface area contributed by atoms with Crippen LogP contribution in [0.15, 0.2) is 65.8 Å². The Kier molecular flexibility index (Phi) is 3.92. The van der Waals surface area contributed by atoms with Gasteiger partial charge in [-0.1, -0.05) is 65.8 Å². The molecule has 0 unspecified atom stereocenters. The summed E-state index contributed by atoms with van der Waals surface area (Å²) < 4.78 is 0. The van der Waals surface area contributed by atoms with E-state index in [0.29, 0.717) is 0 Å². The number of aryl methyl sites for hydroxylation is 1. The third-order valence-electron chi connectivity index (χ3n) is 2.72. The normalized spacial score (nSPS) is 11.4. The van der Waals surface area contributed by atoms with Crippen molar-refractivity contribution in [1.29, 1.82) is 0 Å². The molecule has 0 heterocycles. The fraction of sp³-hybridized carbons (Fsp3) is 0.133. The first-order valence-corrected chi connectivity index (χ1v) is 5.70. The Bertz CT molecular complexity index is 477. The summed E-state index contributed by atoms with van der Waals surface area (Å²) >= 11 is 0. The number of nitrogens with zero attached hydrogens (tertiary/aromatic N) is 1. The largest absolute Gasteiger partial charge is 0.411 e.